The summed E-state index contributed by atoms with van der Waals surface area (Å²) in [5, 5.41) is 2.82. The van der Waals surface area contributed by atoms with E-state index in [2.05, 4.69) is 24.9 Å². The van der Waals surface area contributed by atoms with Crippen LogP contribution in [0.3, 0.4) is 0 Å². The fourth-order valence-electron chi connectivity index (χ4n) is 3.30. The summed E-state index contributed by atoms with van der Waals surface area (Å²) in [5.74, 6) is -0.0901. The SMILES string of the molecule is [C-]#[N+]c1cccc(OP(=O)(CO[C@H](C)Cn2cnc3c(N)ncnc32)NC(C)(C)C(=O)OCCC)c1. The monoisotopic (exact) mass is 515 g/mol. The first-order valence-corrected chi connectivity index (χ1v) is 13.1. The van der Waals surface area contributed by atoms with E-state index in [4.69, 9.17) is 26.3 Å². The second-order valence-electron chi connectivity index (χ2n) is 8.68. The molecule has 1 unspecified atom stereocenters. The summed E-state index contributed by atoms with van der Waals surface area (Å²) in [6.45, 7) is 14.6. The number of nitrogens with two attached hydrogens (primary N) is 1. The number of hydrogen-bond donors (Lipinski definition) is 2. The van der Waals surface area contributed by atoms with Gasteiger partial charge in [-0.25, -0.2) is 24.9 Å². The van der Waals surface area contributed by atoms with Crippen molar-refractivity contribution in [3.8, 4) is 5.75 Å². The number of anilines is 1. The molecule has 2 heterocycles. The molecule has 0 aliphatic heterocycles. The van der Waals surface area contributed by atoms with Gasteiger partial charge in [-0.05, 0) is 39.3 Å². The van der Waals surface area contributed by atoms with Gasteiger partial charge in [-0.1, -0.05) is 19.1 Å². The number of ether oxygens (including phenoxy) is 2. The van der Waals surface area contributed by atoms with E-state index in [1.54, 1.807) is 49.9 Å². The predicted molar refractivity (Wildman–Crippen MR) is 135 cm³/mol. The molecule has 0 aliphatic carbocycles. The van der Waals surface area contributed by atoms with Gasteiger partial charge in [0, 0.05) is 0 Å². The Morgan fingerprint density at radius 3 is 2.83 bits per heavy atom. The molecule has 12 nitrogen and oxygen atoms in total. The van der Waals surface area contributed by atoms with Gasteiger partial charge in [0.25, 0.3) is 0 Å². The highest BCUT2D eigenvalue weighted by Crippen LogP contribution is 2.46. The second kappa shape index (κ2) is 11.5. The van der Waals surface area contributed by atoms with Crippen molar-refractivity contribution < 1.29 is 23.4 Å². The van der Waals surface area contributed by atoms with Gasteiger partial charge >= 0.3 is 13.5 Å². The zero-order valence-corrected chi connectivity index (χ0v) is 21.6. The topological polar surface area (TPSA) is 148 Å². The first-order chi connectivity index (χ1) is 17.1. The number of nitrogens with one attached hydrogen (secondary N) is 1. The quantitative estimate of drug-likeness (QED) is 0.207. The van der Waals surface area contributed by atoms with E-state index in [1.807, 2.05) is 6.92 Å². The van der Waals surface area contributed by atoms with Crippen molar-refractivity contribution >= 4 is 36.2 Å². The molecule has 1 aromatic carbocycles. The van der Waals surface area contributed by atoms with E-state index in [0.717, 1.165) is 0 Å². The smallest absolute Gasteiger partial charge is 0.342 e. The van der Waals surface area contributed by atoms with E-state index in [0.29, 0.717) is 29.8 Å². The summed E-state index contributed by atoms with van der Waals surface area (Å²) < 4.78 is 32.7. The molecular weight excluding hydrogens is 485 g/mol. The third-order valence-corrected chi connectivity index (χ3v) is 6.90. The van der Waals surface area contributed by atoms with Crippen LogP contribution in [0.5, 0.6) is 5.75 Å². The molecule has 2 atom stereocenters. The normalized spacial score (nSPS) is 14.1. The van der Waals surface area contributed by atoms with Crippen LogP contribution in [0.15, 0.2) is 36.9 Å². The molecule has 3 aromatic rings. The molecule has 0 aliphatic rings. The van der Waals surface area contributed by atoms with E-state index in [9.17, 15) is 9.36 Å². The van der Waals surface area contributed by atoms with Crippen LogP contribution in [0.2, 0.25) is 0 Å². The fourth-order valence-corrected chi connectivity index (χ4v) is 5.31. The minimum Gasteiger partial charge on any atom is -0.464 e. The van der Waals surface area contributed by atoms with Crippen molar-refractivity contribution in [2.75, 3.05) is 18.7 Å². The highest BCUT2D eigenvalue weighted by atomic mass is 31.2. The number of nitrogen functional groups attached to an aromatic ring is 1. The molecule has 3 rings (SSSR count). The van der Waals surface area contributed by atoms with Crippen molar-refractivity contribution in [1.29, 1.82) is 0 Å². The molecule has 3 N–H and O–H groups in total. The Morgan fingerprint density at radius 2 is 2.11 bits per heavy atom. The molecule has 0 saturated heterocycles. The highest BCUT2D eigenvalue weighted by molar-refractivity contribution is 7.57. The number of aromatic nitrogens is 4. The van der Waals surface area contributed by atoms with Gasteiger partial charge in [0.1, 0.15) is 29.5 Å². The van der Waals surface area contributed by atoms with Gasteiger partial charge in [-0.15, -0.1) is 0 Å². The second-order valence-corrected chi connectivity index (χ2v) is 10.7. The van der Waals surface area contributed by atoms with Crippen molar-refractivity contribution in [3.05, 3.63) is 48.3 Å². The van der Waals surface area contributed by atoms with Crippen molar-refractivity contribution in [3.63, 3.8) is 0 Å². The van der Waals surface area contributed by atoms with Crippen LogP contribution in [0, 0.1) is 6.57 Å². The molecular formula is C23H30N7O5P. The molecule has 0 amide bonds. The van der Waals surface area contributed by atoms with Gasteiger partial charge in [0.05, 0.1) is 32.2 Å². The fraction of sp³-hybridized carbons (Fsp3) is 0.435. The maximum Gasteiger partial charge on any atom is 0.342 e. The van der Waals surface area contributed by atoms with Crippen LogP contribution < -0.4 is 15.3 Å². The zero-order chi connectivity index (χ0) is 26.3. The number of rotatable bonds is 12. The lowest BCUT2D eigenvalue weighted by Crippen LogP contribution is -2.47. The van der Waals surface area contributed by atoms with Gasteiger partial charge in [-0.2, -0.15) is 0 Å². The number of imidazole rings is 1. The first kappa shape index (κ1) is 27.1. The number of benzene rings is 1. The van der Waals surface area contributed by atoms with E-state index < -0.39 is 25.1 Å². The summed E-state index contributed by atoms with van der Waals surface area (Å²) in [4.78, 5) is 28.3. The van der Waals surface area contributed by atoms with Gasteiger partial charge in [0.15, 0.2) is 17.2 Å². The summed E-state index contributed by atoms with van der Waals surface area (Å²) >= 11 is 0. The Kier molecular flexibility index (Phi) is 8.63. The van der Waals surface area contributed by atoms with Gasteiger partial charge in [-0.3, -0.25) is 9.36 Å². The number of nitrogens with zero attached hydrogens (tertiary/aromatic N) is 5. The molecule has 2 aromatic heterocycles. The van der Waals surface area contributed by atoms with Crippen LogP contribution in [0.25, 0.3) is 16.0 Å². The van der Waals surface area contributed by atoms with Crippen LogP contribution in [0.4, 0.5) is 11.5 Å². The third-order valence-electron chi connectivity index (χ3n) is 5.01. The summed E-state index contributed by atoms with van der Waals surface area (Å²) in [6.07, 6.45) is 2.78. The minimum atomic E-state index is -3.83. The van der Waals surface area contributed by atoms with E-state index in [-0.39, 0.29) is 24.5 Å². The largest absolute Gasteiger partial charge is 0.464 e. The molecule has 0 spiro atoms. The van der Waals surface area contributed by atoms with E-state index >= 15 is 0 Å². The number of fused-ring (bicyclic) bond motifs is 1. The van der Waals surface area contributed by atoms with Crippen LogP contribution in [0.1, 0.15) is 34.1 Å². The van der Waals surface area contributed by atoms with Crippen molar-refractivity contribution in [2.45, 2.75) is 52.3 Å². The minimum absolute atomic E-state index is 0.209. The maximum absolute atomic E-state index is 13.9. The summed E-state index contributed by atoms with van der Waals surface area (Å²) in [7, 11) is -3.83. The lowest BCUT2D eigenvalue weighted by atomic mass is 10.1. The number of esters is 1. The standard InChI is InChI=1S/C23H30N7O5P/c1-6-10-33-22(31)23(3,4)29-36(32,35-18-9-7-8-17(11-18)25-5)15-34-16(2)12-30-14-28-19-20(24)26-13-27-21(19)30/h7-9,11,13-14,16H,6,10,12,15H2,1-4H3,(H,29,32)(H2,24,26,27)/t16-,36?/m1/s1. The zero-order valence-electron chi connectivity index (χ0n) is 20.7. The molecule has 192 valence electrons. The van der Waals surface area contributed by atoms with Gasteiger partial charge < -0.3 is 24.3 Å². The average Bonchev–Trinajstić information content (AvgIpc) is 3.25. The Labute approximate surface area is 209 Å². The highest BCUT2D eigenvalue weighted by Gasteiger charge is 2.39. The lowest BCUT2D eigenvalue weighted by molar-refractivity contribution is -0.149. The summed E-state index contributed by atoms with van der Waals surface area (Å²) in [5.41, 5.74) is 5.87. The van der Waals surface area contributed by atoms with Crippen molar-refractivity contribution in [1.82, 2.24) is 24.6 Å². The Balaban J connectivity index is 1.77. The van der Waals surface area contributed by atoms with Crippen LogP contribution in [-0.2, 0) is 25.4 Å². The van der Waals surface area contributed by atoms with Crippen LogP contribution >= 0.6 is 7.52 Å². The van der Waals surface area contributed by atoms with Crippen molar-refractivity contribution in [2.24, 2.45) is 0 Å². The number of carbonyl (C=O) groups excluding carboxylic acids is 1. The molecule has 13 heteroatoms. The average molecular weight is 516 g/mol. The molecule has 36 heavy (non-hydrogen) atoms. The Morgan fingerprint density at radius 1 is 1.33 bits per heavy atom. The maximum atomic E-state index is 13.9. The molecule has 0 radical (unpaired) electrons. The number of hydrogen-bond acceptors (Lipinski definition) is 9. The molecule has 0 saturated carbocycles. The van der Waals surface area contributed by atoms with Gasteiger partial charge in [0.2, 0.25) is 0 Å². The third kappa shape index (κ3) is 6.79. The summed E-state index contributed by atoms with van der Waals surface area (Å²) in [6, 6.07) is 6.27. The molecule has 0 fully saturated rings. The van der Waals surface area contributed by atoms with E-state index in [1.165, 1.54) is 12.4 Å². The Bertz CT molecular complexity index is 1300. The first-order valence-electron chi connectivity index (χ1n) is 11.3. The molecule has 0 bridgehead atoms. The Hall–Kier alpha value is -3.52. The lowest BCUT2D eigenvalue weighted by Gasteiger charge is -2.30. The number of carbonyl (C=O) groups is 1. The van der Waals surface area contributed by atoms with Crippen LogP contribution in [-0.4, -0.2) is 50.1 Å². The predicted octanol–water partition coefficient (Wildman–Crippen LogP) is 3.92.